The first-order valence-corrected chi connectivity index (χ1v) is 6.62. The van der Waals surface area contributed by atoms with E-state index in [-0.39, 0.29) is 17.1 Å². The van der Waals surface area contributed by atoms with Gasteiger partial charge in [0.1, 0.15) is 5.15 Å². The number of rotatable bonds is 5. The minimum Gasteiger partial charge on any atom is -0.548 e. The number of hydrogen-bond donors (Lipinski definition) is 1. The van der Waals surface area contributed by atoms with Crippen molar-refractivity contribution in [3.05, 3.63) is 64.9 Å². The van der Waals surface area contributed by atoms with Crippen molar-refractivity contribution in [2.45, 2.75) is 12.5 Å². The van der Waals surface area contributed by atoms with Crippen LogP contribution in [0.25, 0.3) is 0 Å². The van der Waals surface area contributed by atoms with Gasteiger partial charge in [0.2, 0.25) is 0 Å². The molecule has 0 aliphatic rings. The molecular weight excluding hydrogens is 292 g/mol. The zero-order chi connectivity index (χ0) is 15.2. The quantitative estimate of drug-likeness (QED) is 0.829. The maximum Gasteiger partial charge on any atom is 0.254 e. The van der Waals surface area contributed by atoms with E-state index in [1.165, 1.54) is 12.3 Å². The molecule has 0 saturated heterocycles. The summed E-state index contributed by atoms with van der Waals surface area (Å²) in [6.07, 6.45) is 1.58. The third kappa shape index (κ3) is 4.03. The average Bonchev–Trinajstić information content (AvgIpc) is 2.48. The summed E-state index contributed by atoms with van der Waals surface area (Å²) in [7, 11) is 0. The van der Waals surface area contributed by atoms with Crippen molar-refractivity contribution >= 4 is 23.5 Å². The number of carboxylic acids is 1. The number of aromatic nitrogens is 1. The maximum absolute atomic E-state index is 12.0. The maximum atomic E-state index is 12.0. The van der Waals surface area contributed by atoms with Crippen LogP contribution in [0.1, 0.15) is 15.9 Å². The van der Waals surface area contributed by atoms with Gasteiger partial charge in [0.05, 0.1) is 17.6 Å². The van der Waals surface area contributed by atoms with Gasteiger partial charge in [0.15, 0.2) is 0 Å². The second-order valence-corrected chi connectivity index (χ2v) is 4.73. The number of nitrogens with one attached hydrogen (secondary N) is 1. The number of aliphatic carboxylic acids is 1. The molecule has 1 atom stereocenters. The number of nitrogens with zero attached hydrogens (tertiary/aromatic N) is 1. The number of pyridine rings is 1. The van der Waals surface area contributed by atoms with E-state index in [0.717, 1.165) is 5.56 Å². The van der Waals surface area contributed by atoms with Gasteiger partial charge in [-0.2, -0.15) is 0 Å². The number of halogens is 1. The zero-order valence-corrected chi connectivity index (χ0v) is 11.7. The highest BCUT2D eigenvalue weighted by Crippen LogP contribution is 2.12. The fraction of sp³-hybridized carbons (Fsp3) is 0.133. The van der Waals surface area contributed by atoms with Crippen molar-refractivity contribution in [2.75, 3.05) is 0 Å². The molecule has 1 heterocycles. The van der Waals surface area contributed by atoms with Gasteiger partial charge in [-0.1, -0.05) is 41.9 Å². The second-order valence-electron chi connectivity index (χ2n) is 4.38. The molecule has 1 amide bonds. The van der Waals surface area contributed by atoms with Gasteiger partial charge >= 0.3 is 0 Å². The summed E-state index contributed by atoms with van der Waals surface area (Å²) in [5.41, 5.74) is 0.905. The first kappa shape index (κ1) is 15.0. The highest BCUT2D eigenvalue weighted by Gasteiger charge is 2.17. The van der Waals surface area contributed by atoms with Crippen molar-refractivity contribution < 1.29 is 14.7 Å². The van der Waals surface area contributed by atoms with E-state index in [4.69, 9.17) is 11.6 Å². The van der Waals surface area contributed by atoms with Crippen LogP contribution in [0.4, 0.5) is 0 Å². The van der Waals surface area contributed by atoms with Crippen molar-refractivity contribution in [3.63, 3.8) is 0 Å². The van der Waals surface area contributed by atoms with Crippen LogP contribution >= 0.6 is 11.6 Å². The Morgan fingerprint density at radius 3 is 2.52 bits per heavy atom. The monoisotopic (exact) mass is 303 g/mol. The molecule has 0 fully saturated rings. The summed E-state index contributed by atoms with van der Waals surface area (Å²) in [4.78, 5) is 27.0. The number of amides is 1. The van der Waals surface area contributed by atoms with Crippen LogP contribution in [0.3, 0.4) is 0 Å². The largest absolute Gasteiger partial charge is 0.548 e. The molecular formula is C15H12ClN2O3-. The summed E-state index contributed by atoms with van der Waals surface area (Å²) in [5.74, 6) is -1.95. The molecule has 0 spiro atoms. The van der Waals surface area contributed by atoms with E-state index >= 15 is 0 Å². The average molecular weight is 304 g/mol. The zero-order valence-electron chi connectivity index (χ0n) is 11.0. The molecule has 1 aromatic carbocycles. The predicted octanol–water partition coefficient (Wildman–Crippen LogP) is 0.826. The normalized spacial score (nSPS) is 11.7. The number of carbonyl (C=O) groups is 2. The fourth-order valence-electron chi connectivity index (χ4n) is 1.83. The molecule has 21 heavy (non-hydrogen) atoms. The SMILES string of the molecule is O=C(N[C@H](Cc1ccccc1)C(=O)[O-])c1cccnc1Cl. The number of carboxylic acid groups (broad SMARTS) is 1. The highest BCUT2D eigenvalue weighted by molar-refractivity contribution is 6.32. The molecule has 2 aromatic rings. The molecule has 108 valence electrons. The van der Waals surface area contributed by atoms with Crippen LogP contribution in [0.15, 0.2) is 48.7 Å². The van der Waals surface area contributed by atoms with Gasteiger partial charge in [0.25, 0.3) is 5.91 Å². The van der Waals surface area contributed by atoms with Crippen LogP contribution < -0.4 is 10.4 Å². The van der Waals surface area contributed by atoms with Crippen LogP contribution in [0, 0.1) is 0 Å². The molecule has 0 aliphatic carbocycles. The van der Waals surface area contributed by atoms with Gasteiger partial charge in [-0.05, 0) is 24.1 Å². The molecule has 0 unspecified atom stereocenters. The van der Waals surface area contributed by atoms with Gasteiger partial charge in [0, 0.05) is 6.20 Å². The Kier molecular flexibility index (Phi) is 4.90. The van der Waals surface area contributed by atoms with Gasteiger partial charge < -0.3 is 15.2 Å². The van der Waals surface area contributed by atoms with E-state index < -0.39 is 17.9 Å². The minimum absolute atomic E-state index is 0.0202. The van der Waals surface area contributed by atoms with Gasteiger partial charge in [-0.25, -0.2) is 4.98 Å². The molecule has 0 radical (unpaired) electrons. The smallest absolute Gasteiger partial charge is 0.254 e. The summed E-state index contributed by atoms with van der Waals surface area (Å²) in [6, 6.07) is 10.8. The molecule has 2 rings (SSSR count). The Balaban J connectivity index is 2.12. The van der Waals surface area contributed by atoms with Crippen LogP contribution in [0.2, 0.25) is 5.15 Å². The molecule has 5 nitrogen and oxygen atoms in total. The molecule has 6 heteroatoms. The standard InChI is InChI=1S/C15H13ClN2O3/c16-13-11(7-4-8-17-13)14(19)18-12(15(20)21)9-10-5-2-1-3-6-10/h1-8,12H,9H2,(H,18,19)(H,20,21)/p-1/t12-/m1/s1. The van der Waals surface area contributed by atoms with Crippen LogP contribution in [-0.4, -0.2) is 22.9 Å². The van der Waals surface area contributed by atoms with Crippen molar-refractivity contribution in [2.24, 2.45) is 0 Å². The Hall–Kier alpha value is -2.40. The van der Waals surface area contributed by atoms with Gasteiger partial charge in [-0.15, -0.1) is 0 Å². The second kappa shape index (κ2) is 6.85. The van der Waals surface area contributed by atoms with Crippen molar-refractivity contribution in [1.29, 1.82) is 0 Å². The lowest BCUT2D eigenvalue weighted by Crippen LogP contribution is -2.49. The highest BCUT2D eigenvalue weighted by atomic mass is 35.5. The lowest BCUT2D eigenvalue weighted by molar-refractivity contribution is -0.308. The molecule has 0 bridgehead atoms. The first-order chi connectivity index (χ1) is 10.1. The Bertz CT molecular complexity index is 646. The number of hydrogen-bond acceptors (Lipinski definition) is 4. The van der Waals surface area contributed by atoms with Crippen LogP contribution in [-0.2, 0) is 11.2 Å². The van der Waals surface area contributed by atoms with E-state index in [2.05, 4.69) is 10.3 Å². The van der Waals surface area contributed by atoms with E-state index in [1.54, 1.807) is 30.3 Å². The molecule has 0 aliphatic heterocycles. The third-order valence-corrected chi connectivity index (χ3v) is 3.18. The molecule has 0 saturated carbocycles. The van der Waals surface area contributed by atoms with Crippen LogP contribution in [0.5, 0.6) is 0 Å². The van der Waals surface area contributed by atoms with E-state index in [9.17, 15) is 14.7 Å². The Labute approximate surface area is 126 Å². The lowest BCUT2D eigenvalue weighted by Gasteiger charge is -2.20. The molecule has 1 aromatic heterocycles. The molecule has 1 N–H and O–H groups in total. The van der Waals surface area contributed by atoms with E-state index in [1.807, 2.05) is 6.07 Å². The number of benzene rings is 1. The van der Waals surface area contributed by atoms with Gasteiger partial charge in [-0.3, -0.25) is 4.79 Å². The fourth-order valence-corrected chi connectivity index (χ4v) is 2.04. The first-order valence-electron chi connectivity index (χ1n) is 6.24. The summed E-state index contributed by atoms with van der Waals surface area (Å²) in [5, 5.41) is 13.6. The topological polar surface area (TPSA) is 82.1 Å². The summed E-state index contributed by atoms with van der Waals surface area (Å²) >= 11 is 5.81. The Morgan fingerprint density at radius 2 is 1.90 bits per heavy atom. The minimum atomic E-state index is -1.35. The third-order valence-electron chi connectivity index (χ3n) is 2.88. The van der Waals surface area contributed by atoms with Crippen molar-refractivity contribution in [3.8, 4) is 0 Å². The van der Waals surface area contributed by atoms with E-state index in [0.29, 0.717) is 0 Å². The summed E-state index contributed by atoms with van der Waals surface area (Å²) in [6.45, 7) is 0. The van der Waals surface area contributed by atoms with Crippen molar-refractivity contribution in [1.82, 2.24) is 10.3 Å². The lowest BCUT2D eigenvalue weighted by atomic mass is 10.1. The Morgan fingerprint density at radius 1 is 1.19 bits per heavy atom. The summed E-state index contributed by atoms with van der Waals surface area (Å²) < 4.78 is 0. The number of carbonyl (C=O) groups excluding carboxylic acids is 2. The predicted molar refractivity (Wildman–Crippen MR) is 75.7 cm³/mol.